The maximum absolute atomic E-state index is 6.17. The van der Waals surface area contributed by atoms with Gasteiger partial charge in [-0.15, -0.1) is 0 Å². The molecule has 0 fully saturated rings. The van der Waals surface area contributed by atoms with Crippen LogP contribution in [0.25, 0.3) is 22.2 Å². The van der Waals surface area contributed by atoms with E-state index in [0.29, 0.717) is 15.7 Å². The van der Waals surface area contributed by atoms with Crippen molar-refractivity contribution in [3.8, 4) is 11.3 Å². The fraction of sp³-hybridized carbons (Fsp3) is 0. The summed E-state index contributed by atoms with van der Waals surface area (Å²) >= 11 is 18.0. The molecule has 19 heavy (non-hydrogen) atoms. The zero-order valence-corrected chi connectivity index (χ0v) is 11.8. The molecule has 3 aromatic rings. The highest BCUT2D eigenvalue weighted by atomic mass is 35.5. The van der Waals surface area contributed by atoms with E-state index in [0.717, 1.165) is 16.5 Å². The molecule has 0 saturated heterocycles. The summed E-state index contributed by atoms with van der Waals surface area (Å²) in [6, 6.07) is 11.3. The molecule has 5 heteroatoms. The van der Waals surface area contributed by atoms with Gasteiger partial charge in [-0.2, -0.15) is 0 Å². The predicted molar refractivity (Wildman–Crippen MR) is 80.0 cm³/mol. The van der Waals surface area contributed by atoms with Crippen molar-refractivity contribution in [3.05, 3.63) is 57.8 Å². The van der Waals surface area contributed by atoms with E-state index < -0.39 is 0 Å². The summed E-state index contributed by atoms with van der Waals surface area (Å²) in [4.78, 5) is 8.50. The van der Waals surface area contributed by atoms with E-state index in [1.165, 1.54) is 0 Å². The normalized spacial score (nSPS) is 10.9. The summed E-state index contributed by atoms with van der Waals surface area (Å²) < 4.78 is 0. The van der Waals surface area contributed by atoms with Crippen molar-refractivity contribution in [1.29, 1.82) is 0 Å². The van der Waals surface area contributed by atoms with Gasteiger partial charge in [-0.05, 0) is 24.3 Å². The minimum absolute atomic E-state index is 0.243. The van der Waals surface area contributed by atoms with Crippen molar-refractivity contribution in [2.75, 3.05) is 0 Å². The van der Waals surface area contributed by atoms with Crippen molar-refractivity contribution in [2.24, 2.45) is 0 Å². The molecule has 0 N–H and O–H groups in total. The quantitative estimate of drug-likeness (QED) is 0.573. The van der Waals surface area contributed by atoms with E-state index in [1.807, 2.05) is 30.3 Å². The SMILES string of the molecule is Clc1cc(Cl)c(-c2ccc3ncccc3c2)nc1Cl. The Balaban J connectivity index is 2.21. The molecule has 1 aromatic carbocycles. The van der Waals surface area contributed by atoms with Gasteiger partial charge in [0, 0.05) is 17.1 Å². The fourth-order valence-electron chi connectivity index (χ4n) is 1.87. The van der Waals surface area contributed by atoms with Crippen LogP contribution in [0.5, 0.6) is 0 Å². The van der Waals surface area contributed by atoms with Crippen molar-refractivity contribution in [3.63, 3.8) is 0 Å². The number of rotatable bonds is 1. The average Bonchev–Trinajstić information content (AvgIpc) is 2.42. The molecular formula is C14H7Cl3N2. The molecule has 0 saturated carbocycles. The molecular weight excluding hydrogens is 303 g/mol. The monoisotopic (exact) mass is 308 g/mol. The van der Waals surface area contributed by atoms with Crippen LogP contribution >= 0.6 is 34.8 Å². The van der Waals surface area contributed by atoms with E-state index >= 15 is 0 Å². The highest BCUT2D eigenvalue weighted by Gasteiger charge is 2.10. The number of hydrogen-bond donors (Lipinski definition) is 0. The first-order valence-corrected chi connectivity index (χ1v) is 6.65. The third-order valence-electron chi connectivity index (χ3n) is 2.76. The van der Waals surface area contributed by atoms with Gasteiger partial charge in [-0.1, -0.05) is 46.9 Å². The Morgan fingerprint density at radius 3 is 2.58 bits per heavy atom. The van der Waals surface area contributed by atoms with Crippen molar-refractivity contribution >= 4 is 45.7 Å². The van der Waals surface area contributed by atoms with Gasteiger partial charge < -0.3 is 0 Å². The summed E-state index contributed by atoms with van der Waals surface area (Å²) in [6.07, 6.45) is 1.76. The number of benzene rings is 1. The molecule has 0 amide bonds. The Morgan fingerprint density at radius 1 is 0.895 bits per heavy atom. The Kier molecular flexibility index (Phi) is 3.31. The minimum atomic E-state index is 0.243. The number of hydrogen-bond acceptors (Lipinski definition) is 2. The lowest BCUT2D eigenvalue weighted by Gasteiger charge is -2.06. The van der Waals surface area contributed by atoms with Crippen molar-refractivity contribution in [1.82, 2.24) is 9.97 Å². The summed E-state index contributed by atoms with van der Waals surface area (Å²) in [7, 11) is 0. The average molecular weight is 310 g/mol. The van der Waals surface area contributed by atoms with Gasteiger partial charge in [0.25, 0.3) is 0 Å². The van der Waals surface area contributed by atoms with Gasteiger partial charge in [0.15, 0.2) is 0 Å². The van der Waals surface area contributed by atoms with Crippen LogP contribution in [0.1, 0.15) is 0 Å². The Morgan fingerprint density at radius 2 is 1.74 bits per heavy atom. The zero-order chi connectivity index (χ0) is 13.4. The van der Waals surface area contributed by atoms with E-state index in [2.05, 4.69) is 9.97 Å². The van der Waals surface area contributed by atoms with Crippen LogP contribution in [0.4, 0.5) is 0 Å². The van der Waals surface area contributed by atoms with E-state index in [-0.39, 0.29) is 5.15 Å². The molecule has 2 nitrogen and oxygen atoms in total. The minimum Gasteiger partial charge on any atom is -0.256 e. The zero-order valence-electron chi connectivity index (χ0n) is 9.57. The first kappa shape index (κ1) is 12.7. The molecule has 2 aromatic heterocycles. The van der Waals surface area contributed by atoms with Crippen LogP contribution in [0.3, 0.4) is 0 Å². The second-order valence-electron chi connectivity index (χ2n) is 4.00. The number of nitrogens with zero attached hydrogens (tertiary/aromatic N) is 2. The third-order valence-corrected chi connectivity index (χ3v) is 3.72. The summed E-state index contributed by atoms with van der Waals surface area (Å²) in [6.45, 7) is 0. The van der Waals surface area contributed by atoms with Gasteiger partial charge >= 0.3 is 0 Å². The maximum atomic E-state index is 6.17. The van der Waals surface area contributed by atoms with E-state index in [9.17, 15) is 0 Å². The lowest BCUT2D eigenvalue weighted by atomic mass is 10.1. The number of halogens is 3. The summed E-state index contributed by atoms with van der Waals surface area (Å²) in [5.74, 6) is 0. The topological polar surface area (TPSA) is 25.8 Å². The first-order valence-electron chi connectivity index (χ1n) is 5.52. The molecule has 0 aliphatic heterocycles. The van der Waals surface area contributed by atoms with Crippen LogP contribution in [-0.4, -0.2) is 9.97 Å². The van der Waals surface area contributed by atoms with Gasteiger partial charge in [0.05, 0.1) is 21.3 Å². The van der Waals surface area contributed by atoms with Gasteiger partial charge in [-0.25, -0.2) is 4.98 Å². The van der Waals surface area contributed by atoms with Crippen LogP contribution in [0.15, 0.2) is 42.6 Å². The second-order valence-corrected chi connectivity index (χ2v) is 5.17. The molecule has 94 valence electrons. The molecule has 0 atom stereocenters. The van der Waals surface area contributed by atoms with Gasteiger partial charge in [0.2, 0.25) is 0 Å². The van der Waals surface area contributed by atoms with Crippen LogP contribution in [-0.2, 0) is 0 Å². The molecule has 0 spiro atoms. The maximum Gasteiger partial charge on any atom is 0.148 e. The number of aromatic nitrogens is 2. The number of fused-ring (bicyclic) bond motifs is 1. The van der Waals surface area contributed by atoms with E-state index in [4.69, 9.17) is 34.8 Å². The Hall–Kier alpha value is -1.35. The molecule has 2 heterocycles. The smallest absolute Gasteiger partial charge is 0.148 e. The van der Waals surface area contributed by atoms with Crippen LogP contribution in [0.2, 0.25) is 15.2 Å². The molecule has 0 aliphatic carbocycles. The molecule has 0 aliphatic rings. The summed E-state index contributed by atoms with van der Waals surface area (Å²) in [5, 5.41) is 2.08. The highest BCUT2D eigenvalue weighted by molar-refractivity contribution is 6.43. The summed E-state index contributed by atoms with van der Waals surface area (Å²) in [5.41, 5.74) is 2.41. The van der Waals surface area contributed by atoms with Crippen LogP contribution in [0, 0.1) is 0 Å². The van der Waals surface area contributed by atoms with Crippen LogP contribution < -0.4 is 0 Å². The predicted octanol–water partition coefficient (Wildman–Crippen LogP) is 5.26. The van der Waals surface area contributed by atoms with E-state index in [1.54, 1.807) is 12.3 Å². The lowest BCUT2D eigenvalue weighted by Crippen LogP contribution is -1.88. The third kappa shape index (κ3) is 2.39. The number of pyridine rings is 2. The standard InChI is InChI=1S/C14H7Cl3N2/c15-10-7-11(16)14(17)19-13(10)9-3-4-12-8(6-9)2-1-5-18-12/h1-7H. The molecule has 0 radical (unpaired) electrons. The van der Waals surface area contributed by atoms with Gasteiger partial charge in [0.1, 0.15) is 5.15 Å². The fourth-order valence-corrected chi connectivity index (χ4v) is 2.48. The second kappa shape index (κ2) is 4.97. The first-order chi connectivity index (χ1) is 9.15. The Labute approximate surface area is 125 Å². The lowest BCUT2D eigenvalue weighted by molar-refractivity contribution is 1.32. The Bertz CT molecular complexity index is 772. The van der Waals surface area contributed by atoms with Gasteiger partial charge in [-0.3, -0.25) is 4.98 Å². The molecule has 3 rings (SSSR count). The largest absolute Gasteiger partial charge is 0.256 e. The molecule has 0 unspecified atom stereocenters. The molecule has 0 bridgehead atoms. The van der Waals surface area contributed by atoms with Crippen molar-refractivity contribution < 1.29 is 0 Å². The highest BCUT2D eigenvalue weighted by Crippen LogP contribution is 2.33. The van der Waals surface area contributed by atoms with Crippen molar-refractivity contribution in [2.45, 2.75) is 0 Å².